The van der Waals surface area contributed by atoms with Crippen LogP contribution in [0.15, 0.2) is 4.34 Å². The molecule has 0 radical (unpaired) electrons. The lowest BCUT2D eigenvalue weighted by atomic mass is 10.1. The Hall–Kier alpha value is -0.820. The summed E-state index contributed by atoms with van der Waals surface area (Å²) in [6.45, 7) is 10.1. The van der Waals surface area contributed by atoms with Gasteiger partial charge >= 0.3 is 0 Å². The second-order valence-electron chi connectivity index (χ2n) is 5.28. The van der Waals surface area contributed by atoms with Gasteiger partial charge in [-0.3, -0.25) is 4.79 Å². The van der Waals surface area contributed by atoms with Gasteiger partial charge in [0.1, 0.15) is 0 Å². The summed E-state index contributed by atoms with van der Waals surface area (Å²) in [5.74, 6) is 1.50. The number of nitrogens with zero attached hydrogens (tertiary/aromatic N) is 3. The van der Waals surface area contributed by atoms with E-state index >= 15 is 0 Å². The second-order valence-corrected chi connectivity index (χ2v) is 7.51. The quantitative estimate of drug-likeness (QED) is 0.783. The number of nitrogen functional groups attached to an aromatic ring is 1. The standard InChI is InChI=1S/C12H22N4OS2/c1-8(2)5-16(6-9(3)4)10(17)7-18-12-15-14-11(13)19-12/h8-9H,5-7H2,1-4H3,(H2,13,14). The minimum absolute atomic E-state index is 0.154. The summed E-state index contributed by atoms with van der Waals surface area (Å²) < 4.78 is 0.750. The van der Waals surface area contributed by atoms with Crippen LogP contribution in [0.25, 0.3) is 0 Å². The van der Waals surface area contributed by atoms with Crippen molar-refractivity contribution in [3.63, 3.8) is 0 Å². The molecular formula is C12H22N4OS2. The zero-order valence-electron chi connectivity index (χ0n) is 11.9. The Balaban J connectivity index is 2.51. The van der Waals surface area contributed by atoms with Gasteiger partial charge in [-0.2, -0.15) is 0 Å². The van der Waals surface area contributed by atoms with Crippen LogP contribution in [0.4, 0.5) is 5.13 Å². The van der Waals surface area contributed by atoms with Gasteiger partial charge in [0.15, 0.2) is 4.34 Å². The van der Waals surface area contributed by atoms with E-state index in [2.05, 4.69) is 37.9 Å². The molecule has 0 aliphatic carbocycles. The summed E-state index contributed by atoms with van der Waals surface area (Å²) in [6, 6.07) is 0. The highest BCUT2D eigenvalue weighted by Crippen LogP contribution is 2.23. The lowest BCUT2D eigenvalue weighted by Crippen LogP contribution is -2.38. The average molecular weight is 302 g/mol. The molecule has 0 bridgehead atoms. The number of anilines is 1. The highest BCUT2D eigenvalue weighted by molar-refractivity contribution is 8.01. The molecule has 5 nitrogen and oxygen atoms in total. The minimum Gasteiger partial charge on any atom is -0.374 e. The molecule has 1 aromatic rings. The first-order valence-electron chi connectivity index (χ1n) is 6.38. The van der Waals surface area contributed by atoms with Gasteiger partial charge in [-0.25, -0.2) is 0 Å². The van der Waals surface area contributed by atoms with Crippen molar-refractivity contribution in [1.29, 1.82) is 0 Å². The Morgan fingerprint density at radius 3 is 2.26 bits per heavy atom. The summed E-state index contributed by atoms with van der Waals surface area (Å²) in [6.07, 6.45) is 0. The molecule has 19 heavy (non-hydrogen) atoms. The predicted octanol–water partition coefficient (Wildman–Crippen LogP) is 2.35. The van der Waals surface area contributed by atoms with Gasteiger partial charge in [-0.05, 0) is 11.8 Å². The maximum absolute atomic E-state index is 12.2. The molecule has 0 aliphatic heterocycles. The topological polar surface area (TPSA) is 72.1 Å². The summed E-state index contributed by atoms with van der Waals surface area (Å²) in [7, 11) is 0. The molecule has 0 fully saturated rings. The normalized spacial score (nSPS) is 11.3. The Morgan fingerprint density at radius 2 is 1.84 bits per heavy atom. The number of hydrogen-bond acceptors (Lipinski definition) is 6. The van der Waals surface area contributed by atoms with Gasteiger partial charge < -0.3 is 10.6 Å². The fourth-order valence-corrected chi connectivity index (χ4v) is 3.19. The average Bonchev–Trinajstić information content (AvgIpc) is 2.70. The summed E-state index contributed by atoms with van der Waals surface area (Å²) >= 11 is 2.72. The monoisotopic (exact) mass is 302 g/mol. The SMILES string of the molecule is CC(C)CN(CC(C)C)C(=O)CSc1nnc(N)s1. The van der Waals surface area contributed by atoms with E-state index in [1.54, 1.807) is 0 Å². The van der Waals surface area contributed by atoms with Crippen molar-refractivity contribution in [1.82, 2.24) is 15.1 Å². The highest BCUT2D eigenvalue weighted by Gasteiger charge is 2.17. The zero-order chi connectivity index (χ0) is 14.4. The molecule has 0 aromatic carbocycles. The highest BCUT2D eigenvalue weighted by atomic mass is 32.2. The van der Waals surface area contributed by atoms with E-state index < -0.39 is 0 Å². The number of nitrogens with two attached hydrogens (primary N) is 1. The van der Waals surface area contributed by atoms with Crippen LogP contribution in [0.5, 0.6) is 0 Å². The first-order valence-corrected chi connectivity index (χ1v) is 8.18. The van der Waals surface area contributed by atoms with Crippen LogP contribution in [0, 0.1) is 11.8 Å². The summed E-state index contributed by atoms with van der Waals surface area (Å²) in [5, 5.41) is 8.08. The van der Waals surface area contributed by atoms with E-state index in [0.717, 1.165) is 17.4 Å². The van der Waals surface area contributed by atoms with Gasteiger partial charge in [0, 0.05) is 13.1 Å². The lowest BCUT2D eigenvalue weighted by Gasteiger charge is -2.26. The van der Waals surface area contributed by atoms with E-state index in [4.69, 9.17) is 5.73 Å². The van der Waals surface area contributed by atoms with Gasteiger partial charge in [-0.15, -0.1) is 10.2 Å². The van der Waals surface area contributed by atoms with Crippen LogP contribution in [0.3, 0.4) is 0 Å². The third kappa shape index (κ3) is 6.24. The third-order valence-electron chi connectivity index (χ3n) is 2.26. The van der Waals surface area contributed by atoms with Crippen LogP contribution < -0.4 is 5.73 Å². The molecule has 0 atom stereocenters. The van der Waals surface area contributed by atoms with Crippen molar-refractivity contribution >= 4 is 34.1 Å². The van der Waals surface area contributed by atoms with Crippen molar-refractivity contribution in [2.24, 2.45) is 11.8 Å². The predicted molar refractivity (Wildman–Crippen MR) is 81.3 cm³/mol. The summed E-state index contributed by atoms with van der Waals surface area (Å²) in [5.41, 5.74) is 5.51. The molecule has 0 unspecified atom stereocenters. The Kier molecular flexibility index (Phi) is 6.57. The van der Waals surface area contributed by atoms with Gasteiger partial charge in [0.2, 0.25) is 11.0 Å². The van der Waals surface area contributed by atoms with Crippen LogP contribution in [-0.4, -0.2) is 39.8 Å². The molecule has 1 amide bonds. The molecule has 108 valence electrons. The summed E-state index contributed by atoms with van der Waals surface area (Å²) in [4.78, 5) is 14.2. The molecule has 1 heterocycles. The van der Waals surface area contributed by atoms with E-state index in [0.29, 0.717) is 22.7 Å². The largest absolute Gasteiger partial charge is 0.374 e. The lowest BCUT2D eigenvalue weighted by molar-refractivity contribution is -0.129. The molecule has 0 saturated carbocycles. The molecule has 1 aromatic heterocycles. The van der Waals surface area contributed by atoms with Gasteiger partial charge in [0.05, 0.1) is 5.75 Å². The van der Waals surface area contributed by atoms with Crippen LogP contribution in [0.1, 0.15) is 27.7 Å². The smallest absolute Gasteiger partial charge is 0.233 e. The van der Waals surface area contributed by atoms with Crippen molar-refractivity contribution < 1.29 is 4.79 Å². The molecule has 0 spiro atoms. The zero-order valence-corrected chi connectivity index (χ0v) is 13.6. The second kappa shape index (κ2) is 7.69. The Bertz CT molecular complexity index is 396. The first-order chi connectivity index (χ1) is 8.88. The number of amides is 1. The number of hydrogen-bond donors (Lipinski definition) is 1. The maximum Gasteiger partial charge on any atom is 0.233 e. The molecular weight excluding hydrogens is 280 g/mol. The molecule has 0 saturated heterocycles. The first kappa shape index (κ1) is 16.2. The van der Waals surface area contributed by atoms with Gasteiger partial charge in [0.25, 0.3) is 0 Å². The molecule has 1 rings (SSSR count). The fraction of sp³-hybridized carbons (Fsp3) is 0.750. The Labute approximate surface area is 123 Å². The Morgan fingerprint density at radius 1 is 1.26 bits per heavy atom. The van der Waals surface area contributed by atoms with Crippen molar-refractivity contribution in [3.05, 3.63) is 0 Å². The van der Waals surface area contributed by atoms with Gasteiger partial charge in [-0.1, -0.05) is 50.8 Å². The molecule has 7 heteroatoms. The van der Waals surface area contributed by atoms with E-state index in [1.807, 2.05) is 4.90 Å². The van der Waals surface area contributed by atoms with Crippen LogP contribution >= 0.6 is 23.1 Å². The van der Waals surface area contributed by atoms with Crippen molar-refractivity contribution in [2.45, 2.75) is 32.0 Å². The number of aromatic nitrogens is 2. The van der Waals surface area contributed by atoms with E-state index in [-0.39, 0.29) is 5.91 Å². The van der Waals surface area contributed by atoms with E-state index in [1.165, 1.54) is 23.1 Å². The molecule has 2 N–H and O–H groups in total. The van der Waals surface area contributed by atoms with E-state index in [9.17, 15) is 4.79 Å². The number of thioether (sulfide) groups is 1. The minimum atomic E-state index is 0.154. The van der Waals surface area contributed by atoms with Crippen molar-refractivity contribution in [2.75, 3.05) is 24.6 Å². The molecule has 0 aliphatic rings. The number of carbonyl (C=O) groups is 1. The van der Waals surface area contributed by atoms with Crippen LogP contribution in [0.2, 0.25) is 0 Å². The maximum atomic E-state index is 12.2. The van der Waals surface area contributed by atoms with Crippen molar-refractivity contribution in [3.8, 4) is 0 Å². The van der Waals surface area contributed by atoms with Crippen LogP contribution in [-0.2, 0) is 4.79 Å². The third-order valence-corrected chi connectivity index (χ3v) is 4.14. The fourth-order valence-electron chi connectivity index (χ4n) is 1.65. The number of carbonyl (C=O) groups excluding carboxylic acids is 1. The number of rotatable bonds is 7.